The second kappa shape index (κ2) is 8.27. The number of benzene rings is 1. The van der Waals surface area contributed by atoms with E-state index < -0.39 is 29.7 Å². The Morgan fingerprint density at radius 3 is 2.54 bits per heavy atom. The van der Waals surface area contributed by atoms with E-state index >= 15 is 0 Å². The number of amides is 1. The lowest BCUT2D eigenvalue weighted by atomic mass is 9.99. The standard InChI is InChI=1S/C18H26N2O6/c1-18(2,3)26-17(23)20-13(16(21)22)10-12(19)11-5-6-14-15(9-11)25-8-4-7-24-14/h5-6,9,12-13H,4,7-8,10,19H2,1-3H3,(H,20,23)(H,21,22)/t12-,13+/m1/s1. The van der Waals surface area contributed by atoms with Crippen LogP contribution in [0.15, 0.2) is 18.2 Å². The van der Waals surface area contributed by atoms with Crippen molar-refractivity contribution in [3.63, 3.8) is 0 Å². The van der Waals surface area contributed by atoms with Crippen LogP contribution in [0.5, 0.6) is 11.5 Å². The number of ether oxygens (including phenoxy) is 3. The van der Waals surface area contributed by atoms with Gasteiger partial charge in [0.15, 0.2) is 11.5 Å². The van der Waals surface area contributed by atoms with Crippen molar-refractivity contribution in [1.29, 1.82) is 0 Å². The number of alkyl carbamates (subject to hydrolysis) is 1. The molecule has 0 radical (unpaired) electrons. The SMILES string of the molecule is CC(C)(C)OC(=O)N[C@@H](C[C@@H](N)c1ccc2c(c1)OCCCO2)C(=O)O. The van der Waals surface area contributed by atoms with E-state index in [1.54, 1.807) is 39.0 Å². The van der Waals surface area contributed by atoms with E-state index in [0.717, 1.165) is 6.42 Å². The molecule has 4 N–H and O–H groups in total. The van der Waals surface area contributed by atoms with E-state index in [0.29, 0.717) is 30.3 Å². The Kier molecular flexibility index (Phi) is 6.31. The molecule has 0 saturated heterocycles. The zero-order valence-electron chi connectivity index (χ0n) is 15.3. The number of carbonyl (C=O) groups excluding carboxylic acids is 1. The van der Waals surface area contributed by atoms with Gasteiger partial charge < -0.3 is 30.4 Å². The second-order valence-electron chi connectivity index (χ2n) is 7.14. The Labute approximate surface area is 152 Å². The van der Waals surface area contributed by atoms with Gasteiger partial charge in [-0.1, -0.05) is 6.07 Å². The molecule has 1 aliphatic rings. The van der Waals surface area contributed by atoms with Gasteiger partial charge in [-0.15, -0.1) is 0 Å². The number of carboxylic acids is 1. The molecule has 1 heterocycles. The van der Waals surface area contributed by atoms with Crippen molar-refractivity contribution in [2.45, 2.75) is 51.3 Å². The van der Waals surface area contributed by atoms with Crippen molar-refractivity contribution in [3.8, 4) is 11.5 Å². The average molecular weight is 366 g/mol. The molecule has 1 amide bonds. The fraction of sp³-hybridized carbons (Fsp3) is 0.556. The molecule has 0 bridgehead atoms. The molecule has 2 atom stereocenters. The van der Waals surface area contributed by atoms with Gasteiger partial charge >= 0.3 is 12.1 Å². The molecule has 0 spiro atoms. The monoisotopic (exact) mass is 366 g/mol. The molecule has 144 valence electrons. The highest BCUT2D eigenvalue weighted by atomic mass is 16.6. The van der Waals surface area contributed by atoms with E-state index in [9.17, 15) is 14.7 Å². The minimum absolute atomic E-state index is 0.00815. The summed E-state index contributed by atoms with van der Waals surface area (Å²) in [4.78, 5) is 23.3. The van der Waals surface area contributed by atoms with Gasteiger partial charge in [0, 0.05) is 12.5 Å². The van der Waals surface area contributed by atoms with Gasteiger partial charge in [-0.3, -0.25) is 0 Å². The van der Waals surface area contributed by atoms with E-state index in [1.165, 1.54) is 0 Å². The highest BCUT2D eigenvalue weighted by Gasteiger charge is 2.26. The van der Waals surface area contributed by atoms with Crippen LogP contribution in [0.25, 0.3) is 0 Å². The summed E-state index contributed by atoms with van der Waals surface area (Å²) in [5.74, 6) is 0.0446. The van der Waals surface area contributed by atoms with Gasteiger partial charge in [0.05, 0.1) is 13.2 Å². The maximum Gasteiger partial charge on any atom is 0.408 e. The van der Waals surface area contributed by atoms with Gasteiger partial charge in [0.2, 0.25) is 0 Å². The molecule has 0 unspecified atom stereocenters. The highest BCUT2D eigenvalue weighted by molar-refractivity contribution is 5.80. The Bertz CT molecular complexity index is 656. The zero-order chi connectivity index (χ0) is 19.3. The Morgan fingerprint density at radius 2 is 1.92 bits per heavy atom. The van der Waals surface area contributed by atoms with Gasteiger partial charge in [-0.05, 0) is 44.9 Å². The molecule has 0 fully saturated rings. The number of hydrogen-bond acceptors (Lipinski definition) is 6. The van der Waals surface area contributed by atoms with Gasteiger partial charge in [0.1, 0.15) is 11.6 Å². The quantitative estimate of drug-likeness (QED) is 0.730. The number of nitrogens with one attached hydrogen (secondary N) is 1. The number of carboxylic acid groups (broad SMARTS) is 1. The van der Waals surface area contributed by atoms with Crippen molar-refractivity contribution >= 4 is 12.1 Å². The number of rotatable bonds is 5. The third-order valence-corrected chi connectivity index (χ3v) is 3.68. The van der Waals surface area contributed by atoms with E-state index in [4.69, 9.17) is 19.9 Å². The van der Waals surface area contributed by atoms with Crippen LogP contribution in [0.4, 0.5) is 4.79 Å². The van der Waals surface area contributed by atoms with E-state index in [1.807, 2.05) is 0 Å². The lowest BCUT2D eigenvalue weighted by Gasteiger charge is -2.23. The number of carbonyl (C=O) groups is 2. The third-order valence-electron chi connectivity index (χ3n) is 3.68. The summed E-state index contributed by atoms with van der Waals surface area (Å²) in [5.41, 5.74) is 6.14. The molecule has 26 heavy (non-hydrogen) atoms. The van der Waals surface area contributed by atoms with Crippen LogP contribution in [-0.2, 0) is 9.53 Å². The van der Waals surface area contributed by atoms with Gasteiger partial charge in [-0.25, -0.2) is 9.59 Å². The molecule has 0 aromatic heterocycles. The first kappa shape index (κ1) is 19.8. The Hall–Kier alpha value is -2.48. The number of aliphatic carboxylic acids is 1. The molecule has 8 nitrogen and oxygen atoms in total. The van der Waals surface area contributed by atoms with Crippen molar-refractivity contribution in [1.82, 2.24) is 5.32 Å². The van der Waals surface area contributed by atoms with Crippen LogP contribution in [0.3, 0.4) is 0 Å². The average Bonchev–Trinajstić information content (AvgIpc) is 2.76. The van der Waals surface area contributed by atoms with Gasteiger partial charge in [0.25, 0.3) is 0 Å². The van der Waals surface area contributed by atoms with Gasteiger partial charge in [-0.2, -0.15) is 0 Å². The molecule has 1 aromatic carbocycles. The first-order valence-electron chi connectivity index (χ1n) is 8.53. The molecule has 0 aliphatic carbocycles. The fourth-order valence-electron chi connectivity index (χ4n) is 2.47. The normalized spacial score (nSPS) is 16.2. The number of hydrogen-bond donors (Lipinski definition) is 3. The first-order chi connectivity index (χ1) is 12.2. The first-order valence-corrected chi connectivity index (χ1v) is 8.53. The lowest BCUT2D eigenvalue weighted by molar-refractivity contribution is -0.139. The lowest BCUT2D eigenvalue weighted by Crippen LogP contribution is -2.44. The minimum atomic E-state index is -1.18. The fourth-order valence-corrected chi connectivity index (χ4v) is 2.47. The Morgan fingerprint density at radius 1 is 1.27 bits per heavy atom. The van der Waals surface area contributed by atoms with Crippen molar-refractivity contribution in [2.75, 3.05) is 13.2 Å². The maximum absolute atomic E-state index is 11.8. The van der Waals surface area contributed by atoms with Crippen molar-refractivity contribution in [2.24, 2.45) is 5.73 Å². The predicted molar refractivity (Wildman–Crippen MR) is 94.4 cm³/mol. The third kappa shape index (κ3) is 5.80. The molecule has 1 aliphatic heterocycles. The molecular formula is C18H26N2O6. The van der Waals surface area contributed by atoms with Crippen LogP contribution in [0.2, 0.25) is 0 Å². The molecule has 2 rings (SSSR count). The molecular weight excluding hydrogens is 340 g/mol. The van der Waals surface area contributed by atoms with Crippen LogP contribution in [0, 0.1) is 0 Å². The van der Waals surface area contributed by atoms with Crippen LogP contribution in [0.1, 0.15) is 45.2 Å². The summed E-state index contributed by atoms with van der Waals surface area (Å²) in [6.07, 6.45) is 0.00122. The second-order valence-corrected chi connectivity index (χ2v) is 7.14. The van der Waals surface area contributed by atoms with Crippen LogP contribution >= 0.6 is 0 Å². The summed E-state index contributed by atoms with van der Waals surface area (Å²) in [6, 6.07) is 3.49. The topological polar surface area (TPSA) is 120 Å². The maximum atomic E-state index is 11.8. The molecule has 8 heteroatoms. The molecule has 1 aromatic rings. The summed E-state index contributed by atoms with van der Waals surface area (Å²) in [7, 11) is 0. The van der Waals surface area contributed by atoms with Crippen LogP contribution in [-0.4, -0.2) is 42.0 Å². The minimum Gasteiger partial charge on any atom is -0.490 e. The summed E-state index contributed by atoms with van der Waals surface area (Å²) < 4.78 is 16.3. The highest BCUT2D eigenvalue weighted by Crippen LogP contribution is 2.32. The number of nitrogens with two attached hydrogens (primary N) is 1. The summed E-state index contributed by atoms with van der Waals surface area (Å²) in [6.45, 7) is 6.23. The zero-order valence-corrected chi connectivity index (χ0v) is 15.3. The van der Waals surface area contributed by atoms with E-state index in [2.05, 4.69) is 5.32 Å². The molecule has 0 saturated carbocycles. The smallest absolute Gasteiger partial charge is 0.408 e. The summed E-state index contributed by atoms with van der Waals surface area (Å²) >= 11 is 0. The van der Waals surface area contributed by atoms with Crippen molar-refractivity contribution in [3.05, 3.63) is 23.8 Å². The summed E-state index contributed by atoms with van der Waals surface area (Å²) in [5, 5.41) is 11.7. The van der Waals surface area contributed by atoms with Crippen molar-refractivity contribution < 1.29 is 28.9 Å². The van der Waals surface area contributed by atoms with E-state index in [-0.39, 0.29) is 6.42 Å². The van der Waals surface area contributed by atoms with Crippen LogP contribution < -0.4 is 20.5 Å². The largest absolute Gasteiger partial charge is 0.490 e. The predicted octanol–water partition coefficient (Wildman–Crippen LogP) is 2.22. The number of fused-ring (bicyclic) bond motifs is 1. The Balaban J connectivity index is 2.05.